The zero-order valence-corrected chi connectivity index (χ0v) is 11.7. The Kier molecular flexibility index (Phi) is 4.59. The fourth-order valence-corrected chi connectivity index (χ4v) is 2.90. The highest BCUT2D eigenvalue weighted by molar-refractivity contribution is 5.53. The van der Waals surface area contributed by atoms with Crippen molar-refractivity contribution in [2.75, 3.05) is 11.9 Å². The van der Waals surface area contributed by atoms with Crippen molar-refractivity contribution in [1.82, 2.24) is 4.98 Å². The van der Waals surface area contributed by atoms with Gasteiger partial charge >= 0.3 is 0 Å². The summed E-state index contributed by atoms with van der Waals surface area (Å²) in [6.07, 6.45) is 10.0. The Morgan fingerprint density at radius 3 is 2.56 bits per heavy atom. The molecule has 18 heavy (non-hydrogen) atoms. The summed E-state index contributed by atoms with van der Waals surface area (Å²) in [4.78, 5) is 6.78. The molecule has 3 heteroatoms. The van der Waals surface area contributed by atoms with Gasteiger partial charge in [0.05, 0.1) is 0 Å². The van der Waals surface area contributed by atoms with E-state index in [-0.39, 0.29) is 0 Å². The lowest BCUT2D eigenvalue weighted by molar-refractivity contribution is 0.551. The normalized spacial score (nSPS) is 17.5. The molecule has 0 spiro atoms. The van der Waals surface area contributed by atoms with Gasteiger partial charge in [0, 0.05) is 42.8 Å². The third-order valence-corrected chi connectivity index (χ3v) is 4.07. The van der Waals surface area contributed by atoms with Crippen molar-refractivity contribution >= 4 is 5.69 Å². The molecule has 1 aromatic heterocycles. The van der Waals surface area contributed by atoms with Crippen LogP contribution in [0.15, 0.2) is 12.3 Å². The van der Waals surface area contributed by atoms with Gasteiger partial charge in [0.15, 0.2) is 0 Å². The average Bonchev–Trinajstić information content (AvgIpc) is 2.66. The van der Waals surface area contributed by atoms with Gasteiger partial charge in [-0.15, -0.1) is 0 Å². The van der Waals surface area contributed by atoms with E-state index in [4.69, 9.17) is 5.73 Å². The molecular weight excluding hydrogens is 222 g/mol. The smallest absolute Gasteiger partial charge is 0.0445 e. The summed E-state index contributed by atoms with van der Waals surface area (Å²) >= 11 is 0. The van der Waals surface area contributed by atoms with Gasteiger partial charge in [-0.05, 0) is 25.8 Å². The van der Waals surface area contributed by atoms with Crippen LogP contribution in [0.3, 0.4) is 0 Å². The average molecular weight is 247 g/mol. The fraction of sp³-hybridized carbons (Fsp3) is 0.667. The molecule has 0 unspecified atom stereocenters. The molecule has 0 saturated heterocycles. The van der Waals surface area contributed by atoms with Gasteiger partial charge in [-0.1, -0.05) is 25.7 Å². The zero-order valence-electron chi connectivity index (χ0n) is 11.7. The Morgan fingerprint density at radius 2 is 1.94 bits per heavy atom. The van der Waals surface area contributed by atoms with Crippen molar-refractivity contribution in [3.8, 4) is 0 Å². The van der Waals surface area contributed by atoms with E-state index in [9.17, 15) is 0 Å². The maximum atomic E-state index is 5.83. The summed E-state index contributed by atoms with van der Waals surface area (Å²) in [5.41, 5.74) is 9.34. The summed E-state index contributed by atoms with van der Waals surface area (Å²) in [6, 6.07) is 2.84. The van der Waals surface area contributed by atoms with Crippen LogP contribution in [0.25, 0.3) is 0 Å². The van der Waals surface area contributed by atoms with Gasteiger partial charge in [-0.2, -0.15) is 0 Å². The first-order valence-corrected chi connectivity index (χ1v) is 7.11. The van der Waals surface area contributed by atoms with Crippen molar-refractivity contribution in [3.63, 3.8) is 0 Å². The molecule has 1 aliphatic rings. The molecule has 0 aliphatic heterocycles. The zero-order chi connectivity index (χ0) is 13.0. The number of hydrogen-bond donors (Lipinski definition) is 1. The molecule has 2 rings (SSSR count). The molecule has 1 aliphatic carbocycles. The summed E-state index contributed by atoms with van der Waals surface area (Å²) in [5, 5.41) is 0. The van der Waals surface area contributed by atoms with E-state index >= 15 is 0 Å². The number of nitrogens with zero attached hydrogens (tertiary/aromatic N) is 2. The van der Waals surface area contributed by atoms with Crippen LogP contribution in [0.1, 0.15) is 49.8 Å². The molecule has 2 N–H and O–H groups in total. The monoisotopic (exact) mass is 247 g/mol. The minimum atomic E-state index is 0.569. The van der Waals surface area contributed by atoms with Crippen molar-refractivity contribution in [2.24, 2.45) is 5.73 Å². The predicted octanol–water partition coefficient (Wildman–Crippen LogP) is 3.01. The SMILES string of the molecule is Cc1cc(N(C)C2CCCCCC2)c(CN)cn1. The highest BCUT2D eigenvalue weighted by Gasteiger charge is 2.19. The maximum absolute atomic E-state index is 5.83. The first-order valence-electron chi connectivity index (χ1n) is 7.11. The topological polar surface area (TPSA) is 42.1 Å². The quantitative estimate of drug-likeness (QED) is 0.835. The number of nitrogens with two attached hydrogens (primary N) is 1. The van der Waals surface area contributed by atoms with Gasteiger partial charge in [0.2, 0.25) is 0 Å². The van der Waals surface area contributed by atoms with Crippen LogP contribution in [-0.4, -0.2) is 18.1 Å². The lowest BCUT2D eigenvalue weighted by Crippen LogP contribution is -2.32. The van der Waals surface area contributed by atoms with Crippen LogP contribution in [0, 0.1) is 6.92 Å². The summed E-state index contributed by atoms with van der Waals surface area (Å²) < 4.78 is 0. The Balaban J connectivity index is 2.20. The number of anilines is 1. The number of pyridine rings is 1. The standard InChI is InChI=1S/C15H25N3/c1-12-9-15(13(10-16)11-17-12)18(2)14-7-5-3-4-6-8-14/h9,11,14H,3-8,10,16H2,1-2H3. The molecule has 0 atom stereocenters. The van der Waals surface area contributed by atoms with Gasteiger partial charge in [-0.3, -0.25) is 4.98 Å². The van der Waals surface area contributed by atoms with Gasteiger partial charge in [0.25, 0.3) is 0 Å². The van der Waals surface area contributed by atoms with Crippen molar-refractivity contribution < 1.29 is 0 Å². The van der Waals surface area contributed by atoms with E-state index in [1.54, 1.807) is 0 Å². The van der Waals surface area contributed by atoms with Crippen LogP contribution in [0.2, 0.25) is 0 Å². The van der Waals surface area contributed by atoms with Crippen LogP contribution >= 0.6 is 0 Å². The van der Waals surface area contributed by atoms with Gasteiger partial charge < -0.3 is 10.6 Å². The molecule has 1 saturated carbocycles. The van der Waals surface area contributed by atoms with E-state index in [1.165, 1.54) is 44.2 Å². The van der Waals surface area contributed by atoms with Crippen LogP contribution in [0.5, 0.6) is 0 Å². The molecule has 100 valence electrons. The maximum Gasteiger partial charge on any atom is 0.0445 e. The fourth-order valence-electron chi connectivity index (χ4n) is 2.90. The van der Waals surface area contributed by atoms with E-state index in [1.807, 2.05) is 13.1 Å². The molecule has 0 amide bonds. The van der Waals surface area contributed by atoms with E-state index in [0.29, 0.717) is 12.6 Å². The second-order valence-electron chi connectivity index (χ2n) is 5.41. The molecule has 1 aromatic rings. The molecular formula is C15H25N3. The van der Waals surface area contributed by atoms with Crippen LogP contribution in [-0.2, 0) is 6.54 Å². The first kappa shape index (κ1) is 13.3. The summed E-state index contributed by atoms with van der Waals surface area (Å²) in [5.74, 6) is 0. The molecule has 0 bridgehead atoms. The van der Waals surface area contributed by atoms with Crippen molar-refractivity contribution in [2.45, 2.75) is 58.0 Å². The molecule has 1 fully saturated rings. The lowest BCUT2D eigenvalue weighted by atomic mass is 10.1. The van der Waals surface area contributed by atoms with Crippen LogP contribution < -0.4 is 10.6 Å². The third-order valence-electron chi connectivity index (χ3n) is 4.07. The van der Waals surface area contributed by atoms with E-state index in [0.717, 1.165) is 11.3 Å². The van der Waals surface area contributed by atoms with E-state index < -0.39 is 0 Å². The highest BCUT2D eigenvalue weighted by atomic mass is 15.1. The Hall–Kier alpha value is -1.09. The predicted molar refractivity (Wildman–Crippen MR) is 76.8 cm³/mol. The molecule has 0 radical (unpaired) electrons. The second-order valence-corrected chi connectivity index (χ2v) is 5.41. The minimum Gasteiger partial charge on any atom is -0.371 e. The third kappa shape index (κ3) is 3.02. The Bertz CT molecular complexity index is 381. The number of aryl methyl sites for hydroxylation is 1. The minimum absolute atomic E-state index is 0.569. The molecule has 0 aromatic carbocycles. The van der Waals surface area contributed by atoms with Crippen molar-refractivity contribution in [3.05, 3.63) is 23.5 Å². The molecule has 3 nitrogen and oxygen atoms in total. The Labute approximate surface area is 110 Å². The van der Waals surface area contributed by atoms with Crippen LogP contribution in [0.4, 0.5) is 5.69 Å². The number of hydrogen-bond acceptors (Lipinski definition) is 3. The summed E-state index contributed by atoms with van der Waals surface area (Å²) in [7, 11) is 2.21. The highest BCUT2D eigenvalue weighted by Crippen LogP contribution is 2.27. The van der Waals surface area contributed by atoms with Gasteiger partial charge in [0.1, 0.15) is 0 Å². The van der Waals surface area contributed by atoms with Gasteiger partial charge in [-0.25, -0.2) is 0 Å². The van der Waals surface area contributed by atoms with E-state index in [2.05, 4.69) is 23.0 Å². The number of rotatable bonds is 3. The number of aromatic nitrogens is 1. The summed E-state index contributed by atoms with van der Waals surface area (Å²) in [6.45, 7) is 2.62. The first-order chi connectivity index (χ1) is 8.72. The Morgan fingerprint density at radius 1 is 1.28 bits per heavy atom. The second kappa shape index (κ2) is 6.19. The molecule has 1 heterocycles. The van der Waals surface area contributed by atoms with Crippen molar-refractivity contribution in [1.29, 1.82) is 0 Å². The lowest BCUT2D eigenvalue weighted by Gasteiger charge is -2.31. The largest absolute Gasteiger partial charge is 0.371 e.